The Morgan fingerprint density at radius 3 is 2.67 bits per heavy atom. The summed E-state index contributed by atoms with van der Waals surface area (Å²) in [5.41, 5.74) is 5.71. The largest absolute Gasteiger partial charge is 0.326 e. The third-order valence-electron chi connectivity index (χ3n) is 5.19. The summed E-state index contributed by atoms with van der Waals surface area (Å²) in [6.07, 6.45) is 4.01. The van der Waals surface area contributed by atoms with Gasteiger partial charge in [-0.15, -0.1) is 0 Å². The molecule has 0 radical (unpaired) electrons. The molecule has 1 heterocycles. The summed E-state index contributed by atoms with van der Waals surface area (Å²) >= 11 is 0. The molecule has 0 bridgehead atoms. The molecule has 0 spiro atoms. The smallest absolute Gasteiger partial charge is 0.261 e. The standard InChI is InChI=1S/C21H30N4O5/c1-2-3-5-10-17(14-24(30)15-26)20(28)22-23-21(29)18-11-12-19(27)25(18)13-16-8-6-4-7-9-16/h4,6-9,15,17-18,30H,2-3,5,10-14H2,1H3,(H,22,28)(H,23,29)/t17-,18+/m1/s1. The van der Waals surface area contributed by atoms with Crippen LogP contribution in [0, 0.1) is 5.92 Å². The second-order valence-corrected chi connectivity index (χ2v) is 7.46. The number of hydrogen-bond acceptors (Lipinski definition) is 5. The summed E-state index contributed by atoms with van der Waals surface area (Å²) in [6.45, 7) is 2.20. The van der Waals surface area contributed by atoms with Crippen molar-refractivity contribution in [3.63, 3.8) is 0 Å². The zero-order valence-electron chi connectivity index (χ0n) is 17.3. The number of hydroxylamine groups is 2. The van der Waals surface area contributed by atoms with Gasteiger partial charge in [0.15, 0.2) is 0 Å². The van der Waals surface area contributed by atoms with E-state index < -0.39 is 23.8 Å². The van der Waals surface area contributed by atoms with Gasteiger partial charge in [-0.05, 0) is 18.4 Å². The van der Waals surface area contributed by atoms with E-state index >= 15 is 0 Å². The van der Waals surface area contributed by atoms with Crippen molar-refractivity contribution in [2.75, 3.05) is 6.54 Å². The van der Waals surface area contributed by atoms with Crippen molar-refractivity contribution in [2.45, 2.75) is 58.0 Å². The number of nitrogens with zero attached hydrogens (tertiary/aromatic N) is 2. The minimum absolute atomic E-state index is 0.107. The molecule has 30 heavy (non-hydrogen) atoms. The zero-order valence-corrected chi connectivity index (χ0v) is 17.3. The lowest BCUT2D eigenvalue weighted by atomic mass is 10.0. The Morgan fingerprint density at radius 2 is 2.00 bits per heavy atom. The first-order valence-electron chi connectivity index (χ1n) is 10.3. The maximum atomic E-state index is 12.6. The SMILES string of the molecule is CCCCC[C@H](CN(O)C=O)C(=O)NNC(=O)[C@@H]1CCC(=O)N1Cc1ccccc1. The normalized spacial score (nSPS) is 16.8. The highest BCUT2D eigenvalue weighted by molar-refractivity contribution is 5.92. The van der Waals surface area contributed by atoms with Crippen LogP contribution in [-0.2, 0) is 25.7 Å². The molecule has 1 fully saturated rings. The Labute approximate surface area is 176 Å². The predicted molar refractivity (Wildman–Crippen MR) is 108 cm³/mol. The van der Waals surface area contributed by atoms with Crippen LogP contribution in [-0.4, -0.2) is 51.9 Å². The van der Waals surface area contributed by atoms with Crippen molar-refractivity contribution < 1.29 is 24.4 Å². The molecule has 1 aromatic rings. The highest BCUT2D eigenvalue weighted by Gasteiger charge is 2.36. The molecule has 0 aromatic heterocycles. The summed E-state index contributed by atoms with van der Waals surface area (Å²) in [7, 11) is 0. The lowest BCUT2D eigenvalue weighted by Crippen LogP contribution is -2.52. The predicted octanol–water partition coefficient (Wildman–Crippen LogP) is 1.37. The molecule has 2 atom stereocenters. The van der Waals surface area contributed by atoms with Gasteiger partial charge in [0.05, 0.1) is 12.5 Å². The van der Waals surface area contributed by atoms with Crippen LogP contribution in [0.3, 0.4) is 0 Å². The molecule has 2 rings (SSSR count). The van der Waals surface area contributed by atoms with E-state index in [4.69, 9.17) is 0 Å². The van der Waals surface area contributed by atoms with Crippen LogP contribution in [0.15, 0.2) is 30.3 Å². The Morgan fingerprint density at radius 1 is 1.27 bits per heavy atom. The number of carbonyl (C=O) groups excluding carboxylic acids is 4. The zero-order chi connectivity index (χ0) is 21.9. The van der Waals surface area contributed by atoms with Gasteiger partial charge in [-0.3, -0.25) is 35.2 Å². The van der Waals surface area contributed by atoms with Crippen LogP contribution in [0.25, 0.3) is 0 Å². The molecule has 9 nitrogen and oxygen atoms in total. The first-order chi connectivity index (χ1) is 14.5. The maximum Gasteiger partial charge on any atom is 0.261 e. The average molecular weight is 418 g/mol. The number of unbranched alkanes of at least 4 members (excludes halogenated alkanes) is 2. The topological polar surface area (TPSA) is 119 Å². The molecular formula is C21H30N4O5. The Balaban J connectivity index is 1.93. The van der Waals surface area contributed by atoms with E-state index in [2.05, 4.69) is 10.9 Å². The van der Waals surface area contributed by atoms with Gasteiger partial charge in [-0.1, -0.05) is 56.5 Å². The van der Waals surface area contributed by atoms with Crippen LogP contribution in [0.2, 0.25) is 0 Å². The van der Waals surface area contributed by atoms with Crippen LogP contribution >= 0.6 is 0 Å². The lowest BCUT2D eigenvalue weighted by Gasteiger charge is -2.25. The third-order valence-corrected chi connectivity index (χ3v) is 5.19. The molecule has 1 aliphatic rings. The van der Waals surface area contributed by atoms with Gasteiger partial charge in [0.1, 0.15) is 6.04 Å². The van der Waals surface area contributed by atoms with Gasteiger partial charge in [0, 0.05) is 13.0 Å². The third kappa shape index (κ3) is 6.84. The number of rotatable bonds is 11. The Hall–Kier alpha value is -2.94. The van der Waals surface area contributed by atoms with Gasteiger partial charge in [0.25, 0.3) is 5.91 Å². The number of benzene rings is 1. The van der Waals surface area contributed by atoms with Crippen molar-refractivity contribution in [1.82, 2.24) is 20.8 Å². The maximum absolute atomic E-state index is 12.6. The summed E-state index contributed by atoms with van der Waals surface area (Å²) in [4.78, 5) is 49.5. The molecule has 4 amide bonds. The fourth-order valence-electron chi connectivity index (χ4n) is 3.51. The van der Waals surface area contributed by atoms with Gasteiger partial charge in [0.2, 0.25) is 18.2 Å². The minimum Gasteiger partial charge on any atom is -0.326 e. The number of nitrogens with one attached hydrogen (secondary N) is 2. The lowest BCUT2D eigenvalue weighted by molar-refractivity contribution is -0.155. The Kier molecular flexibility index (Phi) is 9.27. The van der Waals surface area contributed by atoms with E-state index in [0.717, 1.165) is 24.8 Å². The van der Waals surface area contributed by atoms with Crippen LogP contribution in [0.5, 0.6) is 0 Å². The number of hydrazine groups is 1. The fourth-order valence-corrected chi connectivity index (χ4v) is 3.51. The summed E-state index contributed by atoms with van der Waals surface area (Å²) in [5.74, 6) is -1.71. The highest BCUT2D eigenvalue weighted by atomic mass is 16.5. The number of amides is 4. The second kappa shape index (κ2) is 11.9. The number of hydrogen-bond donors (Lipinski definition) is 3. The molecule has 1 aliphatic heterocycles. The molecule has 0 unspecified atom stereocenters. The van der Waals surface area contributed by atoms with E-state index in [0.29, 0.717) is 24.4 Å². The van der Waals surface area contributed by atoms with E-state index in [9.17, 15) is 24.4 Å². The summed E-state index contributed by atoms with van der Waals surface area (Å²) in [5, 5.41) is 9.87. The second-order valence-electron chi connectivity index (χ2n) is 7.46. The van der Waals surface area contributed by atoms with Crippen LogP contribution in [0.4, 0.5) is 0 Å². The summed E-state index contributed by atoms with van der Waals surface area (Å²) < 4.78 is 0. The van der Waals surface area contributed by atoms with Crippen molar-refractivity contribution in [3.05, 3.63) is 35.9 Å². The van der Waals surface area contributed by atoms with E-state index in [-0.39, 0.29) is 25.3 Å². The van der Waals surface area contributed by atoms with E-state index in [1.54, 1.807) is 0 Å². The van der Waals surface area contributed by atoms with Gasteiger partial charge in [-0.2, -0.15) is 0 Å². The molecule has 3 N–H and O–H groups in total. The molecule has 1 aromatic carbocycles. The molecular weight excluding hydrogens is 388 g/mol. The number of carbonyl (C=O) groups is 4. The first kappa shape index (κ1) is 23.3. The molecule has 1 saturated heterocycles. The quantitative estimate of drug-likeness (QED) is 0.217. The van der Waals surface area contributed by atoms with Crippen molar-refractivity contribution >= 4 is 24.1 Å². The van der Waals surface area contributed by atoms with Gasteiger partial charge < -0.3 is 4.90 Å². The minimum atomic E-state index is -0.666. The summed E-state index contributed by atoms with van der Waals surface area (Å²) in [6, 6.07) is 8.72. The van der Waals surface area contributed by atoms with Gasteiger partial charge >= 0.3 is 0 Å². The van der Waals surface area contributed by atoms with Crippen LogP contribution in [0.1, 0.15) is 51.0 Å². The molecule has 9 heteroatoms. The number of likely N-dealkylation sites (tertiary alicyclic amines) is 1. The Bertz CT molecular complexity index is 727. The molecule has 0 aliphatic carbocycles. The monoisotopic (exact) mass is 418 g/mol. The van der Waals surface area contributed by atoms with E-state index in [1.807, 2.05) is 37.3 Å². The first-order valence-corrected chi connectivity index (χ1v) is 10.3. The highest BCUT2D eigenvalue weighted by Crippen LogP contribution is 2.21. The van der Waals surface area contributed by atoms with E-state index in [1.165, 1.54) is 4.90 Å². The van der Waals surface area contributed by atoms with Gasteiger partial charge in [-0.25, -0.2) is 5.06 Å². The average Bonchev–Trinajstić information content (AvgIpc) is 3.12. The fraction of sp³-hybridized carbons (Fsp3) is 0.524. The molecule has 164 valence electrons. The van der Waals surface area contributed by atoms with Crippen LogP contribution < -0.4 is 10.9 Å². The molecule has 0 saturated carbocycles. The van der Waals surface area contributed by atoms with Crippen molar-refractivity contribution in [2.24, 2.45) is 5.92 Å². The van der Waals surface area contributed by atoms with Crippen molar-refractivity contribution in [3.8, 4) is 0 Å². The van der Waals surface area contributed by atoms with Crippen molar-refractivity contribution in [1.29, 1.82) is 0 Å².